The van der Waals surface area contributed by atoms with E-state index in [1.807, 2.05) is 26.0 Å². The summed E-state index contributed by atoms with van der Waals surface area (Å²) in [6.07, 6.45) is 1.53. The number of rotatable bonds is 4. The Morgan fingerprint density at radius 1 is 1.04 bits per heavy atom. The van der Waals surface area contributed by atoms with Crippen LogP contribution in [0.5, 0.6) is 0 Å². The monoisotopic (exact) mass is 386 g/mol. The third-order valence-corrected chi connectivity index (χ3v) is 4.48. The van der Waals surface area contributed by atoms with Crippen molar-refractivity contribution in [1.82, 2.24) is 9.97 Å². The number of nitrogens with one attached hydrogen (secondary N) is 2. The molecule has 0 aliphatic carbocycles. The molecule has 2 aromatic carbocycles. The van der Waals surface area contributed by atoms with Crippen molar-refractivity contribution in [3.8, 4) is 0 Å². The topological polar surface area (TPSA) is 66.9 Å². The summed E-state index contributed by atoms with van der Waals surface area (Å²) in [5.74, 6) is -0.0143. The second kappa shape index (κ2) is 7.72. The van der Waals surface area contributed by atoms with E-state index in [0.717, 1.165) is 16.8 Å². The molecule has 1 amide bonds. The molecule has 2 N–H and O–H groups in total. The molecule has 3 rings (SSSR count). The number of hydrogen-bond donors (Lipinski definition) is 2. The van der Waals surface area contributed by atoms with Crippen LogP contribution in [0.4, 0.5) is 17.3 Å². The fraction of sp³-hybridized carbons (Fsp3) is 0.105. The maximum absolute atomic E-state index is 12.5. The maximum atomic E-state index is 12.5. The van der Waals surface area contributed by atoms with E-state index in [1.165, 1.54) is 6.20 Å². The fourth-order valence-corrected chi connectivity index (χ4v) is 2.76. The Morgan fingerprint density at radius 2 is 1.85 bits per heavy atom. The first-order valence-electron chi connectivity index (χ1n) is 7.87. The molecule has 0 bridgehead atoms. The highest BCUT2D eigenvalue weighted by Crippen LogP contribution is 2.24. The maximum Gasteiger partial charge on any atom is 0.274 e. The Balaban J connectivity index is 1.80. The molecule has 3 aromatic rings. The van der Waals surface area contributed by atoms with Crippen LogP contribution in [0.15, 0.2) is 48.7 Å². The van der Waals surface area contributed by atoms with Gasteiger partial charge in [0.25, 0.3) is 5.91 Å². The molecule has 1 aromatic heterocycles. The Hall–Kier alpha value is -2.63. The molecule has 26 heavy (non-hydrogen) atoms. The van der Waals surface area contributed by atoms with Gasteiger partial charge in [-0.1, -0.05) is 29.3 Å². The number of carbonyl (C=O) groups is 1. The van der Waals surface area contributed by atoms with Crippen molar-refractivity contribution in [3.63, 3.8) is 0 Å². The molecule has 7 heteroatoms. The zero-order valence-electron chi connectivity index (χ0n) is 14.2. The molecule has 0 aliphatic heterocycles. The summed E-state index contributed by atoms with van der Waals surface area (Å²) in [6.45, 7) is 3.76. The van der Waals surface area contributed by atoms with E-state index in [4.69, 9.17) is 23.2 Å². The van der Waals surface area contributed by atoms with E-state index in [2.05, 4.69) is 20.6 Å². The average molecular weight is 387 g/mol. The minimum Gasteiger partial charge on any atom is -0.324 e. The molecule has 0 saturated heterocycles. The highest BCUT2D eigenvalue weighted by atomic mass is 35.5. The van der Waals surface area contributed by atoms with Crippen molar-refractivity contribution in [1.29, 1.82) is 0 Å². The van der Waals surface area contributed by atoms with Crippen LogP contribution in [0.1, 0.15) is 21.6 Å². The number of carbonyl (C=O) groups excluding carboxylic acids is 1. The quantitative estimate of drug-likeness (QED) is 0.629. The standard InChI is InChI=1S/C19H16Cl2N4O/c1-11-10-13(20)6-7-15(11)24-19-22-9-8-17(25-19)18(26)23-16-5-3-4-14(21)12(16)2/h3-10H,1-2H3,(H,23,26)(H,22,24,25). The molecule has 0 spiro atoms. The van der Waals surface area contributed by atoms with Gasteiger partial charge in [-0.25, -0.2) is 9.97 Å². The molecule has 1 heterocycles. The van der Waals surface area contributed by atoms with Crippen molar-refractivity contribution in [3.05, 3.63) is 75.5 Å². The zero-order chi connectivity index (χ0) is 18.7. The van der Waals surface area contributed by atoms with Crippen LogP contribution in [0.3, 0.4) is 0 Å². The molecule has 0 atom stereocenters. The lowest BCUT2D eigenvalue weighted by Gasteiger charge is -2.11. The summed E-state index contributed by atoms with van der Waals surface area (Å²) in [7, 11) is 0. The summed E-state index contributed by atoms with van der Waals surface area (Å²) >= 11 is 12.1. The van der Waals surface area contributed by atoms with Gasteiger partial charge < -0.3 is 10.6 Å². The highest BCUT2D eigenvalue weighted by Gasteiger charge is 2.12. The van der Waals surface area contributed by atoms with Crippen LogP contribution >= 0.6 is 23.2 Å². The van der Waals surface area contributed by atoms with E-state index in [1.54, 1.807) is 30.3 Å². The van der Waals surface area contributed by atoms with Gasteiger partial charge in [0.05, 0.1) is 0 Å². The van der Waals surface area contributed by atoms with Gasteiger partial charge in [0, 0.05) is 27.6 Å². The van der Waals surface area contributed by atoms with Crippen LogP contribution in [-0.2, 0) is 0 Å². The number of amides is 1. The molecule has 0 saturated carbocycles. The van der Waals surface area contributed by atoms with E-state index < -0.39 is 0 Å². The summed E-state index contributed by atoms with van der Waals surface area (Å²) < 4.78 is 0. The lowest BCUT2D eigenvalue weighted by Crippen LogP contribution is -2.15. The minimum absolute atomic E-state index is 0.244. The Kier molecular flexibility index (Phi) is 5.40. The van der Waals surface area contributed by atoms with Crippen molar-refractivity contribution in [2.45, 2.75) is 13.8 Å². The number of aromatic nitrogens is 2. The lowest BCUT2D eigenvalue weighted by molar-refractivity contribution is 0.102. The van der Waals surface area contributed by atoms with Gasteiger partial charge in [-0.15, -0.1) is 0 Å². The van der Waals surface area contributed by atoms with Gasteiger partial charge in [-0.2, -0.15) is 0 Å². The smallest absolute Gasteiger partial charge is 0.274 e. The predicted molar refractivity (Wildman–Crippen MR) is 106 cm³/mol. The Bertz CT molecular complexity index is 976. The van der Waals surface area contributed by atoms with E-state index >= 15 is 0 Å². The Morgan fingerprint density at radius 3 is 2.62 bits per heavy atom. The van der Waals surface area contributed by atoms with Crippen LogP contribution in [-0.4, -0.2) is 15.9 Å². The van der Waals surface area contributed by atoms with Crippen LogP contribution in [0.25, 0.3) is 0 Å². The van der Waals surface area contributed by atoms with Crippen molar-refractivity contribution < 1.29 is 4.79 Å². The molecular weight excluding hydrogens is 371 g/mol. The molecule has 0 radical (unpaired) electrons. The molecule has 132 valence electrons. The molecule has 5 nitrogen and oxygen atoms in total. The van der Waals surface area contributed by atoms with Crippen molar-refractivity contribution >= 4 is 46.4 Å². The van der Waals surface area contributed by atoms with Gasteiger partial charge in [0.2, 0.25) is 5.95 Å². The summed E-state index contributed by atoms with van der Waals surface area (Å²) in [4.78, 5) is 20.9. The molecular formula is C19H16Cl2N4O. The van der Waals surface area contributed by atoms with E-state index in [0.29, 0.717) is 21.7 Å². The number of anilines is 3. The summed E-state index contributed by atoms with van der Waals surface area (Å²) in [5, 5.41) is 7.16. The first-order valence-corrected chi connectivity index (χ1v) is 8.62. The zero-order valence-corrected chi connectivity index (χ0v) is 15.7. The summed E-state index contributed by atoms with van der Waals surface area (Å²) in [6, 6.07) is 12.3. The normalized spacial score (nSPS) is 10.5. The SMILES string of the molecule is Cc1cc(Cl)ccc1Nc1nccc(C(=O)Nc2cccc(Cl)c2C)n1. The lowest BCUT2D eigenvalue weighted by atomic mass is 10.2. The van der Waals surface area contributed by atoms with Crippen LogP contribution in [0.2, 0.25) is 10.0 Å². The minimum atomic E-state index is -0.339. The van der Waals surface area contributed by atoms with Gasteiger partial charge in [0.15, 0.2) is 0 Å². The largest absolute Gasteiger partial charge is 0.324 e. The fourth-order valence-electron chi connectivity index (χ4n) is 2.36. The number of nitrogens with zero attached hydrogens (tertiary/aromatic N) is 2. The molecule has 0 aliphatic rings. The van der Waals surface area contributed by atoms with Crippen LogP contribution < -0.4 is 10.6 Å². The molecule has 0 fully saturated rings. The van der Waals surface area contributed by atoms with Gasteiger partial charge in [-0.3, -0.25) is 4.79 Å². The van der Waals surface area contributed by atoms with Crippen LogP contribution in [0, 0.1) is 13.8 Å². The highest BCUT2D eigenvalue weighted by molar-refractivity contribution is 6.32. The van der Waals surface area contributed by atoms with Gasteiger partial charge in [0.1, 0.15) is 5.69 Å². The molecule has 0 unspecified atom stereocenters. The third kappa shape index (κ3) is 4.12. The van der Waals surface area contributed by atoms with Gasteiger partial charge >= 0.3 is 0 Å². The van der Waals surface area contributed by atoms with Gasteiger partial charge in [-0.05, 0) is 61.4 Å². The van der Waals surface area contributed by atoms with Crippen molar-refractivity contribution in [2.75, 3.05) is 10.6 Å². The second-order valence-corrected chi connectivity index (χ2v) is 6.56. The predicted octanol–water partition coefficient (Wildman–Crippen LogP) is 5.40. The summed E-state index contributed by atoms with van der Waals surface area (Å²) in [5.41, 5.74) is 3.45. The van der Waals surface area contributed by atoms with E-state index in [-0.39, 0.29) is 11.6 Å². The van der Waals surface area contributed by atoms with E-state index in [9.17, 15) is 4.79 Å². The second-order valence-electron chi connectivity index (χ2n) is 5.72. The first-order chi connectivity index (χ1) is 12.4. The number of halogens is 2. The third-order valence-electron chi connectivity index (χ3n) is 3.84. The number of benzene rings is 2. The van der Waals surface area contributed by atoms with Crippen molar-refractivity contribution in [2.24, 2.45) is 0 Å². The number of hydrogen-bond acceptors (Lipinski definition) is 4. The average Bonchev–Trinajstić information content (AvgIpc) is 2.61. The first kappa shape index (κ1) is 18.2. The Labute approximate surface area is 161 Å². The number of aryl methyl sites for hydroxylation is 1.